The molecule has 0 spiro atoms. The lowest BCUT2D eigenvalue weighted by atomic mass is 10.5. The fraction of sp³-hybridized carbons (Fsp3) is 0.625. The molecule has 0 amide bonds. The normalized spacial score (nSPS) is 16.5. The number of halogens is 1. The molecule has 6 heteroatoms. The zero-order valence-corrected chi connectivity index (χ0v) is 12.5. The molecule has 0 aliphatic carbocycles. The molecule has 1 aliphatic rings. The van der Waals surface area contributed by atoms with Crippen molar-refractivity contribution in [2.75, 3.05) is 32.6 Å². The smallest absolute Gasteiger partial charge is 0.268 e. The Morgan fingerprint density at radius 3 is 2.64 bits per heavy atom. The summed E-state index contributed by atoms with van der Waals surface area (Å²) < 4.78 is 10.5. The van der Waals surface area contributed by atoms with Gasteiger partial charge in [-0.2, -0.15) is 0 Å². The van der Waals surface area contributed by atoms with Gasteiger partial charge in [-0.1, -0.05) is 10.3 Å². The zero-order valence-electron chi connectivity index (χ0n) is 7.86. The van der Waals surface area contributed by atoms with Crippen molar-refractivity contribution >= 4 is 32.4 Å². The lowest BCUT2D eigenvalue weighted by Gasteiger charge is -2.08. The van der Waals surface area contributed by atoms with Crippen LogP contribution in [0.1, 0.15) is 0 Å². The molecule has 1 aromatic rings. The Labute approximate surface area is 112 Å². The molecule has 1 aromatic heterocycles. The van der Waals surface area contributed by atoms with Crippen molar-refractivity contribution < 1.29 is 28.7 Å². The summed E-state index contributed by atoms with van der Waals surface area (Å²) in [5, 5.41) is 0. The van der Waals surface area contributed by atoms with E-state index in [-0.39, 0.29) is 24.0 Å². The Morgan fingerprint density at radius 2 is 2.07 bits per heavy atom. The molecule has 0 N–H and O–H groups in total. The van der Waals surface area contributed by atoms with Crippen LogP contribution in [0.4, 0.5) is 0 Å². The van der Waals surface area contributed by atoms with E-state index in [1.807, 2.05) is 32.4 Å². The van der Waals surface area contributed by atoms with Crippen LogP contribution in [0.2, 0.25) is 0 Å². The Balaban J connectivity index is 0.000000980. The fourth-order valence-electron chi connectivity index (χ4n) is 1.25. The largest absolute Gasteiger partial charge is 1.00 e. The first kappa shape index (κ1) is 13.0. The molecule has 1 saturated heterocycles. The molecule has 0 aromatic carbocycles. The quantitative estimate of drug-likeness (QED) is 0.257. The van der Waals surface area contributed by atoms with Gasteiger partial charge in [0.25, 0.3) is 4.67 Å². The molecule has 0 unspecified atom stereocenters. The number of thioether (sulfide) groups is 1. The first-order valence-corrected chi connectivity index (χ1v) is 7.57. The first-order valence-electron chi connectivity index (χ1n) is 4.20. The number of hydrogen-bond acceptors (Lipinski definition) is 4. The van der Waals surface area contributed by atoms with E-state index in [0.29, 0.717) is 0 Å². The number of nitrogens with zero attached hydrogens (tertiary/aromatic N) is 1. The van der Waals surface area contributed by atoms with Gasteiger partial charge in [-0.15, -0.1) is 11.8 Å². The van der Waals surface area contributed by atoms with E-state index in [2.05, 4.69) is 16.9 Å². The van der Waals surface area contributed by atoms with Crippen LogP contribution in [-0.2, 0) is 4.74 Å². The summed E-state index contributed by atoms with van der Waals surface area (Å²) in [5.41, 5.74) is 0. The topological polar surface area (TPSA) is 12.2 Å². The minimum atomic E-state index is 0. The van der Waals surface area contributed by atoms with Crippen LogP contribution in [-0.4, -0.2) is 32.6 Å². The summed E-state index contributed by atoms with van der Waals surface area (Å²) in [4.78, 5) is 0. The van der Waals surface area contributed by atoms with Crippen LogP contribution in [0.5, 0.6) is 0 Å². The van der Waals surface area contributed by atoms with Crippen LogP contribution >= 0.6 is 32.4 Å². The molecular formula is C8H12INOS3. The zero-order chi connectivity index (χ0) is 9.10. The standard InChI is InChI=1S/C8H12NOS3.HI/c1-11-8-6-7(12-13-8)9-2-4-10-5-3-9;/h6H,2-5H2,1H3;1H/q+1;/p-1. The van der Waals surface area contributed by atoms with E-state index in [9.17, 15) is 0 Å². The van der Waals surface area contributed by atoms with Crippen molar-refractivity contribution in [2.24, 2.45) is 0 Å². The summed E-state index contributed by atoms with van der Waals surface area (Å²) in [6.07, 6.45) is 2.13. The van der Waals surface area contributed by atoms with Gasteiger partial charge in [-0.05, 0) is 16.6 Å². The minimum Gasteiger partial charge on any atom is -1.00 e. The summed E-state index contributed by atoms with van der Waals surface area (Å²) >= 11 is 1.82. The number of ether oxygens (including phenoxy) is 1. The Hall–Kier alpha value is 0.890. The van der Waals surface area contributed by atoms with Gasteiger partial charge >= 0.3 is 0 Å². The van der Waals surface area contributed by atoms with Crippen LogP contribution in [0.3, 0.4) is 0 Å². The van der Waals surface area contributed by atoms with Gasteiger partial charge in [0.05, 0.1) is 4.21 Å². The first-order chi connectivity index (χ1) is 6.40. The second-order valence-corrected chi connectivity index (χ2v) is 6.07. The van der Waals surface area contributed by atoms with E-state index in [1.54, 1.807) is 0 Å². The van der Waals surface area contributed by atoms with Crippen molar-refractivity contribution in [3.63, 3.8) is 0 Å². The molecule has 0 saturated carbocycles. The van der Waals surface area contributed by atoms with Gasteiger partial charge in [0.2, 0.25) is 0 Å². The maximum atomic E-state index is 5.32. The molecule has 1 aliphatic heterocycles. The summed E-state index contributed by atoms with van der Waals surface area (Å²) in [5.74, 6) is 0. The summed E-state index contributed by atoms with van der Waals surface area (Å²) in [7, 11) is 3.74. The van der Waals surface area contributed by atoms with Gasteiger partial charge in [0, 0.05) is 6.07 Å². The van der Waals surface area contributed by atoms with Crippen LogP contribution < -0.4 is 33.2 Å². The van der Waals surface area contributed by atoms with E-state index in [1.165, 1.54) is 8.88 Å². The third-order valence-electron chi connectivity index (χ3n) is 1.97. The third-order valence-corrected chi connectivity index (χ3v) is 5.77. The predicted molar refractivity (Wildman–Crippen MR) is 59.8 cm³/mol. The summed E-state index contributed by atoms with van der Waals surface area (Å²) in [6.45, 7) is 3.83. The van der Waals surface area contributed by atoms with E-state index in [0.717, 1.165) is 26.3 Å². The van der Waals surface area contributed by atoms with E-state index in [4.69, 9.17) is 4.74 Å². The van der Waals surface area contributed by atoms with Crippen molar-refractivity contribution in [3.05, 3.63) is 10.7 Å². The molecule has 1 fully saturated rings. The maximum absolute atomic E-state index is 5.32. The molecule has 0 atom stereocenters. The Bertz CT molecular complexity index is 338. The van der Waals surface area contributed by atoms with Gasteiger partial charge in [-0.25, -0.2) is 4.58 Å². The van der Waals surface area contributed by atoms with Crippen LogP contribution in [0, 0.1) is 0 Å². The molecule has 2 heterocycles. The molecule has 0 radical (unpaired) electrons. The van der Waals surface area contributed by atoms with Gasteiger partial charge in [-0.3, -0.25) is 0 Å². The monoisotopic (exact) mass is 361 g/mol. The van der Waals surface area contributed by atoms with Crippen molar-refractivity contribution in [1.29, 1.82) is 0 Å². The lowest BCUT2D eigenvalue weighted by molar-refractivity contribution is -0.00000333. The lowest BCUT2D eigenvalue weighted by Crippen LogP contribution is -3.00. The van der Waals surface area contributed by atoms with Crippen LogP contribution in [0.25, 0.3) is 0 Å². The number of rotatable bonds is 1. The summed E-state index contributed by atoms with van der Waals surface area (Å²) in [6, 6.07) is 2.28. The molecule has 14 heavy (non-hydrogen) atoms. The molecule has 2 nitrogen and oxygen atoms in total. The molecule has 0 bridgehead atoms. The third kappa shape index (κ3) is 3.19. The van der Waals surface area contributed by atoms with Crippen molar-refractivity contribution in [3.8, 4) is 0 Å². The maximum Gasteiger partial charge on any atom is 0.268 e. The highest BCUT2D eigenvalue weighted by molar-refractivity contribution is 8.02. The fourth-order valence-corrected chi connectivity index (χ4v) is 4.71. The molecule has 2 rings (SSSR count). The van der Waals surface area contributed by atoms with Crippen LogP contribution in [0.15, 0.2) is 10.3 Å². The van der Waals surface area contributed by atoms with Gasteiger partial charge in [0.15, 0.2) is 13.1 Å². The highest BCUT2D eigenvalue weighted by Gasteiger charge is 2.13. The highest BCUT2D eigenvalue weighted by atomic mass is 127. The van der Waals surface area contributed by atoms with E-state index < -0.39 is 0 Å². The SMILES string of the molecule is CSc1cc(=[N+]2CCOCC2)ss1.[I-]. The number of morpholine rings is 1. The number of hydrogen-bond donors (Lipinski definition) is 0. The molecular weight excluding hydrogens is 349 g/mol. The minimum absolute atomic E-state index is 0. The Morgan fingerprint density at radius 1 is 1.36 bits per heavy atom. The second kappa shape index (κ2) is 6.47. The molecule has 80 valence electrons. The Kier molecular flexibility index (Phi) is 5.99. The van der Waals surface area contributed by atoms with Crippen molar-refractivity contribution in [1.82, 2.24) is 4.58 Å². The average molecular weight is 361 g/mol. The predicted octanol–water partition coefficient (Wildman–Crippen LogP) is -1.66. The van der Waals surface area contributed by atoms with Gasteiger partial charge in [0.1, 0.15) is 13.2 Å². The van der Waals surface area contributed by atoms with Gasteiger partial charge < -0.3 is 28.7 Å². The second-order valence-electron chi connectivity index (χ2n) is 2.77. The van der Waals surface area contributed by atoms with E-state index >= 15 is 0 Å². The van der Waals surface area contributed by atoms with Crippen molar-refractivity contribution in [2.45, 2.75) is 4.21 Å². The average Bonchev–Trinajstić information content (AvgIpc) is 2.67. The highest BCUT2D eigenvalue weighted by Crippen LogP contribution is 2.20.